The van der Waals surface area contributed by atoms with Gasteiger partial charge in [0, 0.05) is 24.2 Å². The monoisotopic (exact) mass is 264 g/mol. The van der Waals surface area contributed by atoms with E-state index in [1.165, 1.54) is 0 Å². The number of benzene rings is 1. The van der Waals surface area contributed by atoms with E-state index >= 15 is 0 Å². The number of hydrogen-bond donors (Lipinski definition) is 1. The number of hydrogen-bond acceptors (Lipinski definition) is 2. The summed E-state index contributed by atoms with van der Waals surface area (Å²) in [6.07, 6.45) is 1.90. The van der Waals surface area contributed by atoms with Crippen LogP contribution in [-0.4, -0.2) is 28.9 Å². The second kappa shape index (κ2) is 6.50. The molecular weight excluding hydrogens is 244 g/mol. The maximum absolute atomic E-state index is 12.3. The van der Waals surface area contributed by atoms with Crippen LogP contribution in [-0.2, 0) is 0 Å². The fourth-order valence-electron chi connectivity index (χ4n) is 2.01. The van der Waals surface area contributed by atoms with Crippen molar-refractivity contribution in [2.45, 2.75) is 32.7 Å². The average molecular weight is 264 g/mol. The molecule has 0 radical (unpaired) electrons. The van der Waals surface area contributed by atoms with Gasteiger partial charge >= 0.3 is 0 Å². The molecular formula is C14H20N2OS. The molecule has 0 aromatic heterocycles. The number of amides is 1. The lowest BCUT2D eigenvalue weighted by atomic mass is 10.1. The van der Waals surface area contributed by atoms with Gasteiger partial charge in [-0.3, -0.25) is 4.79 Å². The highest BCUT2D eigenvalue weighted by Crippen LogP contribution is 2.13. The topological polar surface area (TPSA) is 46.3 Å². The van der Waals surface area contributed by atoms with E-state index in [9.17, 15) is 4.79 Å². The molecule has 1 rings (SSSR count). The fraction of sp³-hybridized carbons (Fsp3) is 0.429. The molecule has 2 N–H and O–H groups in total. The van der Waals surface area contributed by atoms with Crippen LogP contribution in [0.2, 0.25) is 0 Å². The van der Waals surface area contributed by atoms with Crippen LogP contribution in [0.4, 0.5) is 0 Å². The van der Waals surface area contributed by atoms with Crippen LogP contribution >= 0.6 is 12.2 Å². The number of carbonyl (C=O) groups is 1. The second-order valence-corrected chi connectivity index (χ2v) is 4.77. The highest BCUT2D eigenvalue weighted by molar-refractivity contribution is 7.80. The lowest BCUT2D eigenvalue weighted by Gasteiger charge is -2.26. The van der Waals surface area contributed by atoms with Gasteiger partial charge in [-0.15, -0.1) is 0 Å². The Bertz CT molecular complexity index is 441. The number of thiocarbonyl (C=S) groups is 1. The Balaban J connectivity index is 2.96. The van der Waals surface area contributed by atoms with Crippen LogP contribution < -0.4 is 5.73 Å². The summed E-state index contributed by atoms with van der Waals surface area (Å²) in [5, 5.41) is 0. The molecule has 98 valence electrons. The van der Waals surface area contributed by atoms with E-state index in [-0.39, 0.29) is 11.9 Å². The van der Waals surface area contributed by atoms with E-state index in [0.29, 0.717) is 10.6 Å². The predicted octanol–water partition coefficient (Wildman–Crippen LogP) is 2.58. The van der Waals surface area contributed by atoms with E-state index in [2.05, 4.69) is 13.8 Å². The van der Waals surface area contributed by atoms with Crippen molar-refractivity contribution in [1.82, 2.24) is 4.90 Å². The van der Waals surface area contributed by atoms with Crippen molar-refractivity contribution < 1.29 is 4.79 Å². The summed E-state index contributed by atoms with van der Waals surface area (Å²) in [4.78, 5) is 14.4. The molecule has 0 fully saturated rings. The molecule has 0 bridgehead atoms. The number of nitrogens with zero attached hydrogens (tertiary/aromatic N) is 1. The first-order valence-corrected chi connectivity index (χ1v) is 6.59. The molecule has 18 heavy (non-hydrogen) atoms. The molecule has 0 heterocycles. The third-order valence-electron chi connectivity index (χ3n) is 3.20. The third-order valence-corrected chi connectivity index (χ3v) is 3.44. The molecule has 0 saturated heterocycles. The highest BCUT2D eigenvalue weighted by atomic mass is 32.1. The van der Waals surface area contributed by atoms with Gasteiger partial charge in [-0.2, -0.15) is 0 Å². The van der Waals surface area contributed by atoms with Crippen LogP contribution in [0.3, 0.4) is 0 Å². The van der Waals surface area contributed by atoms with Gasteiger partial charge in [0.25, 0.3) is 5.91 Å². The van der Waals surface area contributed by atoms with Gasteiger partial charge in [0.05, 0.1) is 0 Å². The van der Waals surface area contributed by atoms with Gasteiger partial charge in [-0.1, -0.05) is 38.2 Å². The fourth-order valence-corrected chi connectivity index (χ4v) is 2.14. The van der Waals surface area contributed by atoms with Crippen molar-refractivity contribution in [1.29, 1.82) is 0 Å². The van der Waals surface area contributed by atoms with E-state index in [0.717, 1.165) is 18.4 Å². The van der Waals surface area contributed by atoms with Gasteiger partial charge in [-0.05, 0) is 25.0 Å². The van der Waals surface area contributed by atoms with Crippen molar-refractivity contribution in [3.05, 3.63) is 35.4 Å². The Hall–Kier alpha value is -1.42. The minimum absolute atomic E-state index is 0.0156. The van der Waals surface area contributed by atoms with Crippen LogP contribution in [0.15, 0.2) is 24.3 Å². The molecule has 0 atom stereocenters. The molecule has 0 saturated carbocycles. The number of carbonyl (C=O) groups excluding carboxylic acids is 1. The van der Waals surface area contributed by atoms with Crippen molar-refractivity contribution in [3.63, 3.8) is 0 Å². The Labute approximate surface area is 114 Å². The molecule has 0 aliphatic heterocycles. The molecule has 0 unspecified atom stereocenters. The van der Waals surface area contributed by atoms with Crippen molar-refractivity contribution in [3.8, 4) is 0 Å². The quantitative estimate of drug-likeness (QED) is 0.831. The minimum atomic E-state index is 0.0156. The second-order valence-electron chi connectivity index (χ2n) is 4.33. The van der Waals surface area contributed by atoms with Crippen molar-refractivity contribution in [2.24, 2.45) is 5.73 Å². The molecule has 4 heteroatoms. The first-order chi connectivity index (χ1) is 8.51. The maximum Gasteiger partial charge on any atom is 0.253 e. The summed E-state index contributed by atoms with van der Waals surface area (Å²) in [7, 11) is 1.84. The summed E-state index contributed by atoms with van der Waals surface area (Å²) >= 11 is 4.92. The SMILES string of the molecule is CCC(CC)N(C)C(=O)c1cccc(C(N)=S)c1. The van der Waals surface area contributed by atoms with Gasteiger partial charge in [0.2, 0.25) is 0 Å². The Morgan fingerprint density at radius 2 is 1.89 bits per heavy atom. The maximum atomic E-state index is 12.3. The van der Waals surface area contributed by atoms with Gasteiger partial charge < -0.3 is 10.6 Å². The lowest BCUT2D eigenvalue weighted by Crippen LogP contribution is -2.36. The average Bonchev–Trinajstić information content (AvgIpc) is 2.39. The van der Waals surface area contributed by atoms with E-state index < -0.39 is 0 Å². The van der Waals surface area contributed by atoms with E-state index in [4.69, 9.17) is 18.0 Å². The molecule has 1 amide bonds. The third kappa shape index (κ3) is 3.29. The van der Waals surface area contributed by atoms with Crippen LogP contribution in [0.5, 0.6) is 0 Å². The van der Waals surface area contributed by atoms with Crippen molar-refractivity contribution in [2.75, 3.05) is 7.05 Å². The van der Waals surface area contributed by atoms with Gasteiger partial charge in [-0.25, -0.2) is 0 Å². The van der Waals surface area contributed by atoms with Crippen LogP contribution in [0.1, 0.15) is 42.6 Å². The summed E-state index contributed by atoms with van der Waals surface area (Å²) in [6.45, 7) is 4.17. The first kappa shape index (κ1) is 14.6. The zero-order valence-electron chi connectivity index (χ0n) is 11.1. The Morgan fingerprint density at radius 3 is 2.39 bits per heavy atom. The van der Waals surface area contributed by atoms with Crippen LogP contribution in [0.25, 0.3) is 0 Å². The number of nitrogens with two attached hydrogens (primary N) is 1. The standard InChI is InChI=1S/C14H20N2OS/c1-4-12(5-2)16(3)14(17)11-8-6-7-10(9-11)13(15)18/h6-9,12H,4-5H2,1-3H3,(H2,15,18). The normalized spacial score (nSPS) is 10.4. The zero-order valence-corrected chi connectivity index (χ0v) is 12.0. The predicted molar refractivity (Wildman–Crippen MR) is 78.8 cm³/mol. The smallest absolute Gasteiger partial charge is 0.253 e. The lowest BCUT2D eigenvalue weighted by molar-refractivity contribution is 0.0723. The van der Waals surface area contributed by atoms with E-state index in [1.54, 1.807) is 17.0 Å². The number of rotatable bonds is 5. The first-order valence-electron chi connectivity index (χ1n) is 6.18. The minimum Gasteiger partial charge on any atom is -0.389 e. The molecule has 0 aliphatic carbocycles. The summed E-state index contributed by atoms with van der Waals surface area (Å²) in [5.74, 6) is 0.0156. The summed E-state index contributed by atoms with van der Waals surface area (Å²) in [5.41, 5.74) is 6.94. The Kier molecular flexibility index (Phi) is 5.28. The van der Waals surface area contributed by atoms with Gasteiger partial charge in [0.1, 0.15) is 4.99 Å². The van der Waals surface area contributed by atoms with E-state index in [1.807, 2.05) is 19.2 Å². The molecule has 0 aliphatic rings. The molecule has 0 spiro atoms. The van der Waals surface area contributed by atoms with Crippen molar-refractivity contribution >= 4 is 23.1 Å². The van der Waals surface area contributed by atoms with Crippen LogP contribution in [0, 0.1) is 0 Å². The Morgan fingerprint density at radius 1 is 1.33 bits per heavy atom. The largest absolute Gasteiger partial charge is 0.389 e. The molecule has 1 aromatic rings. The zero-order chi connectivity index (χ0) is 13.7. The summed E-state index contributed by atoms with van der Waals surface area (Å²) in [6, 6.07) is 7.44. The summed E-state index contributed by atoms with van der Waals surface area (Å²) < 4.78 is 0. The molecule has 1 aromatic carbocycles. The van der Waals surface area contributed by atoms with Gasteiger partial charge in [0.15, 0.2) is 0 Å². The highest BCUT2D eigenvalue weighted by Gasteiger charge is 2.18. The molecule has 3 nitrogen and oxygen atoms in total.